The third-order valence-corrected chi connectivity index (χ3v) is 6.83. The van der Waals surface area contributed by atoms with Gasteiger partial charge in [0.15, 0.2) is 0 Å². The first-order valence-electron chi connectivity index (χ1n) is 12.1. The average molecular weight is 506 g/mol. The van der Waals surface area contributed by atoms with E-state index < -0.39 is 6.36 Å². The molecule has 36 heavy (non-hydrogen) atoms. The molecule has 2 heterocycles. The molecule has 1 atom stereocenters. The molecular weight excluding hydrogens is 475 g/mol. The zero-order chi connectivity index (χ0) is 25.7. The standard InChI is InChI=1S/C25H30F3N5O3/c26-25(27,28)36-21-8-5-17(6-9-21)24(34)33-12-10-19(11-13-33)31-22-14-18(15-30-23(22)29)16-2-1-3-20(32-35)7-4-16/h5-6,8-9,14-16,19,31,35H,1-4,7,10-13H2,(H2,29,30)/b32-20-. The molecule has 8 nitrogen and oxygen atoms in total. The van der Waals surface area contributed by atoms with Crippen LogP contribution < -0.4 is 15.8 Å². The Bertz CT molecular complexity index is 1080. The first-order chi connectivity index (χ1) is 17.2. The number of amides is 1. The first kappa shape index (κ1) is 25.6. The molecule has 1 aliphatic carbocycles. The molecule has 1 aliphatic heterocycles. The van der Waals surface area contributed by atoms with E-state index in [0.717, 1.165) is 61.2 Å². The number of nitrogens with two attached hydrogens (primary N) is 1. The van der Waals surface area contributed by atoms with Crippen molar-refractivity contribution in [2.45, 2.75) is 63.3 Å². The summed E-state index contributed by atoms with van der Waals surface area (Å²) in [6, 6.07) is 7.13. The molecule has 0 spiro atoms. The van der Waals surface area contributed by atoms with Crippen molar-refractivity contribution in [2.24, 2.45) is 5.16 Å². The lowest BCUT2D eigenvalue weighted by molar-refractivity contribution is -0.274. The van der Waals surface area contributed by atoms with E-state index in [0.29, 0.717) is 43.2 Å². The van der Waals surface area contributed by atoms with Gasteiger partial charge in [-0.05, 0) is 86.8 Å². The summed E-state index contributed by atoms with van der Waals surface area (Å²) in [4.78, 5) is 18.9. The van der Waals surface area contributed by atoms with Crippen molar-refractivity contribution < 1.29 is 27.9 Å². The number of nitrogens with one attached hydrogen (secondary N) is 1. The van der Waals surface area contributed by atoms with E-state index in [2.05, 4.69) is 26.3 Å². The SMILES string of the molecule is Nc1ncc(C2CCC/C(=N/O)CC2)cc1NC1CCN(C(=O)c2ccc(OC(F)(F)F)cc2)CC1. The summed E-state index contributed by atoms with van der Waals surface area (Å²) in [6.45, 7) is 1.02. The number of rotatable bonds is 5. The average Bonchev–Trinajstić information content (AvgIpc) is 3.11. The minimum absolute atomic E-state index is 0.109. The second-order valence-electron chi connectivity index (χ2n) is 9.28. The molecule has 2 aromatic rings. The number of nitrogen functional groups attached to an aromatic ring is 1. The van der Waals surface area contributed by atoms with Gasteiger partial charge < -0.3 is 25.9 Å². The number of hydrogen-bond acceptors (Lipinski definition) is 7. The van der Waals surface area contributed by atoms with Crippen LogP contribution in [0, 0.1) is 0 Å². The number of pyridine rings is 1. The number of aromatic nitrogens is 1. The summed E-state index contributed by atoms with van der Waals surface area (Å²) in [5.41, 5.74) is 9.18. The molecule has 1 aromatic heterocycles. The minimum Gasteiger partial charge on any atom is -0.411 e. The van der Waals surface area contributed by atoms with Gasteiger partial charge >= 0.3 is 6.36 Å². The molecule has 1 aromatic carbocycles. The Morgan fingerprint density at radius 1 is 1.14 bits per heavy atom. The van der Waals surface area contributed by atoms with E-state index in [1.165, 1.54) is 12.1 Å². The van der Waals surface area contributed by atoms with E-state index >= 15 is 0 Å². The van der Waals surface area contributed by atoms with E-state index in [-0.39, 0.29) is 17.7 Å². The van der Waals surface area contributed by atoms with Gasteiger partial charge in [-0.3, -0.25) is 4.79 Å². The number of hydrogen-bond donors (Lipinski definition) is 3. The van der Waals surface area contributed by atoms with Gasteiger partial charge in [-0.1, -0.05) is 5.16 Å². The molecule has 11 heteroatoms. The fraction of sp³-hybridized carbons (Fsp3) is 0.480. The Morgan fingerprint density at radius 2 is 1.86 bits per heavy atom. The van der Waals surface area contributed by atoms with Crippen molar-refractivity contribution in [3.63, 3.8) is 0 Å². The number of alkyl halides is 3. The zero-order valence-electron chi connectivity index (χ0n) is 19.8. The number of piperidine rings is 1. The number of ether oxygens (including phenoxy) is 1. The van der Waals surface area contributed by atoms with Crippen LogP contribution in [0.3, 0.4) is 0 Å². The third-order valence-electron chi connectivity index (χ3n) is 6.83. The second-order valence-corrected chi connectivity index (χ2v) is 9.28. The molecule has 4 N–H and O–H groups in total. The molecule has 1 unspecified atom stereocenters. The lowest BCUT2D eigenvalue weighted by atomic mass is 9.92. The van der Waals surface area contributed by atoms with Crippen molar-refractivity contribution in [3.8, 4) is 5.75 Å². The van der Waals surface area contributed by atoms with Gasteiger partial charge in [-0.15, -0.1) is 13.2 Å². The van der Waals surface area contributed by atoms with E-state index in [1.54, 1.807) is 4.90 Å². The molecule has 4 rings (SSSR count). The predicted octanol–water partition coefficient (Wildman–Crippen LogP) is 5.16. The van der Waals surface area contributed by atoms with Crippen molar-refractivity contribution in [1.82, 2.24) is 9.88 Å². The van der Waals surface area contributed by atoms with Gasteiger partial charge in [-0.25, -0.2) is 4.98 Å². The molecule has 2 fully saturated rings. The van der Waals surface area contributed by atoms with Crippen molar-refractivity contribution in [1.29, 1.82) is 0 Å². The summed E-state index contributed by atoms with van der Waals surface area (Å²) >= 11 is 0. The number of oxime groups is 1. The lowest BCUT2D eigenvalue weighted by Crippen LogP contribution is -2.42. The summed E-state index contributed by atoms with van der Waals surface area (Å²) in [6.07, 6.45) is 2.87. The van der Waals surface area contributed by atoms with Gasteiger partial charge in [0.2, 0.25) is 0 Å². The van der Waals surface area contributed by atoms with Crippen LogP contribution in [0.2, 0.25) is 0 Å². The molecule has 194 valence electrons. The number of carbonyl (C=O) groups excluding carboxylic acids is 1. The normalized spacial score (nSPS) is 20.7. The van der Waals surface area contributed by atoms with Crippen LogP contribution in [-0.4, -0.2) is 52.2 Å². The Kier molecular flexibility index (Phi) is 7.85. The summed E-state index contributed by atoms with van der Waals surface area (Å²) in [5.74, 6) is 0.158. The maximum Gasteiger partial charge on any atom is 0.573 e. The molecule has 0 bridgehead atoms. The Hall–Kier alpha value is -3.50. The first-order valence-corrected chi connectivity index (χ1v) is 12.1. The van der Waals surface area contributed by atoms with E-state index in [1.807, 2.05) is 6.20 Å². The summed E-state index contributed by atoms with van der Waals surface area (Å²) in [7, 11) is 0. The fourth-order valence-corrected chi connectivity index (χ4v) is 4.85. The van der Waals surface area contributed by atoms with Crippen LogP contribution in [0.15, 0.2) is 41.7 Å². The van der Waals surface area contributed by atoms with Gasteiger partial charge in [0, 0.05) is 30.9 Å². The highest BCUT2D eigenvalue weighted by molar-refractivity contribution is 5.94. The monoisotopic (exact) mass is 505 g/mol. The van der Waals surface area contributed by atoms with Crippen LogP contribution >= 0.6 is 0 Å². The second kappa shape index (κ2) is 11.0. The Balaban J connectivity index is 1.33. The Morgan fingerprint density at radius 3 is 2.53 bits per heavy atom. The van der Waals surface area contributed by atoms with Crippen LogP contribution in [0.25, 0.3) is 0 Å². The fourth-order valence-electron chi connectivity index (χ4n) is 4.85. The summed E-state index contributed by atoms with van der Waals surface area (Å²) < 4.78 is 40.9. The van der Waals surface area contributed by atoms with Gasteiger partial charge in [0.25, 0.3) is 5.91 Å². The third kappa shape index (κ3) is 6.58. The number of halogens is 3. The zero-order valence-corrected chi connectivity index (χ0v) is 19.8. The van der Waals surface area contributed by atoms with Crippen molar-refractivity contribution >= 4 is 23.1 Å². The number of carbonyl (C=O) groups is 1. The van der Waals surface area contributed by atoms with Crippen molar-refractivity contribution in [3.05, 3.63) is 47.7 Å². The number of benzene rings is 1. The maximum absolute atomic E-state index is 12.8. The molecule has 2 aliphatic rings. The highest BCUT2D eigenvalue weighted by atomic mass is 19.4. The molecule has 1 saturated carbocycles. The van der Waals surface area contributed by atoms with Crippen molar-refractivity contribution in [2.75, 3.05) is 24.1 Å². The smallest absolute Gasteiger partial charge is 0.411 e. The highest BCUT2D eigenvalue weighted by Crippen LogP contribution is 2.33. The summed E-state index contributed by atoms with van der Waals surface area (Å²) in [5, 5.41) is 16.0. The van der Waals surface area contributed by atoms with Crippen LogP contribution in [0.5, 0.6) is 5.75 Å². The topological polar surface area (TPSA) is 113 Å². The van der Waals surface area contributed by atoms with Gasteiger partial charge in [0.1, 0.15) is 11.6 Å². The van der Waals surface area contributed by atoms with E-state index in [4.69, 9.17) is 10.9 Å². The van der Waals surface area contributed by atoms with E-state index in [9.17, 15) is 18.0 Å². The molecular formula is C25H30F3N5O3. The predicted molar refractivity (Wildman–Crippen MR) is 129 cm³/mol. The molecule has 1 amide bonds. The van der Waals surface area contributed by atoms with Crippen LogP contribution in [-0.2, 0) is 0 Å². The highest BCUT2D eigenvalue weighted by Gasteiger charge is 2.31. The van der Waals surface area contributed by atoms with Gasteiger partial charge in [-0.2, -0.15) is 0 Å². The van der Waals surface area contributed by atoms with Crippen LogP contribution in [0.1, 0.15) is 66.8 Å². The molecule has 0 radical (unpaired) electrons. The quantitative estimate of drug-likeness (QED) is 0.294. The molecule has 1 saturated heterocycles. The van der Waals surface area contributed by atoms with Gasteiger partial charge in [0.05, 0.1) is 11.4 Å². The number of nitrogens with zero attached hydrogens (tertiary/aromatic N) is 3. The minimum atomic E-state index is -4.77. The maximum atomic E-state index is 12.8. The lowest BCUT2D eigenvalue weighted by Gasteiger charge is -2.33. The van der Waals surface area contributed by atoms with Crippen LogP contribution in [0.4, 0.5) is 24.7 Å². The number of anilines is 2. The number of likely N-dealkylation sites (tertiary alicyclic amines) is 1. The largest absolute Gasteiger partial charge is 0.573 e. The Labute approximate surface area is 207 Å².